The van der Waals surface area contributed by atoms with Gasteiger partial charge in [0.05, 0.1) is 40.7 Å². The number of pyridine rings is 1. The Bertz CT molecular complexity index is 1490. The van der Waals surface area contributed by atoms with Gasteiger partial charge in [0.15, 0.2) is 11.5 Å². The number of nitrogens with zero attached hydrogens (tertiary/aromatic N) is 8. The largest absolute Gasteiger partial charge is 0.372 e. The first-order valence-electron chi connectivity index (χ1n) is 12.9. The van der Waals surface area contributed by atoms with E-state index in [4.69, 9.17) is 9.72 Å². The molecule has 0 radical (unpaired) electrons. The Morgan fingerprint density at radius 2 is 2.05 bits per heavy atom. The van der Waals surface area contributed by atoms with E-state index in [1.165, 1.54) is 0 Å². The summed E-state index contributed by atoms with van der Waals surface area (Å²) in [6, 6.07) is 1.81. The van der Waals surface area contributed by atoms with Crippen LogP contribution in [0.2, 0.25) is 0 Å². The minimum Gasteiger partial charge on any atom is -0.372 e. The van der Waals surface area contributed by atoms with E-state index in [1.807, 2.05) is 39.5 Å². The Morgan fingerprint density at radius 3 is 2.84 bits per heavy atom. The van der Waals surface area contributed by atoms with Crippen molar-refractivity contribution >= 4 is 28.4 Å². The van der Waals surface area contributed by atoms with Crippen molar-refractivity contribution < 1.29 is 9.53 Å². The molecule has 2 N–H and O–H groups in total. The second-order valence-electron chi connectivity index (χ2n) is 10.2. The summed E-state index contributed by atoms with van der Waals surface area (Å²) in [5.41, 5.74) is 3.82. The molecule has 1 spiro atoms. The third-order valence-corrected chi connectivity index (χ3v) is 7.20. The maximum Gasteiger partial charge on any atom is 0.252 e. The molecule has 2 fully saturated rings. The van der Waals surface area contributed by atoms with Crippen LogP contribution in [0, 0.1) is 6.92 Å². The van der Waals surface area contributed by atoms with Gasteiger partial charge >= 0.3 is 0 Å². The maximum absolute atomic E-state index is 12.9. The highest BCUT2D eigenvalue weighted by Crippen LogP contribution is 2.41. The van der Waals surface area contributed by atoms with Crippen LogP contribution in [-0.4, -0.2) is 83.7 Å². The van der Waals surface area contributed by atoms with Crippen molar-refractivity contribution in [1.29, 1.82) is 0 Å². The minimum absolute atomic E-state index is 0.0886. The Morgan fingerprint density at radius 1 is 1.18 bits per heavy atom. The lowest BCUT2D eigenvalue weighted by molar-refractivity contribution is -0.0452. The van der Waals surface area contributed by atoms with Gasteiger partial charge in [0.1, 0.15) is 5.82 Å². The Balaban J connectivity index is 1.12. The van der Waals surface area contributed by atoms with E-state index < -0.39 is 0 Å². The standard InChI is InChI=1S/C26H32N10O2/c1-17-21(11-19(13-28-17)25(37)27-6-7-36-8-9-38-26(16-36)4-5-26)31-23-20-14-29-22(32-24(20)35(3)33-23)10-18-12-30-34(2)15-18/h11-15H,4-10,16H2,1-3H3,(H,27,37)(H,31,33). The average molecular weight is 517 g/mol. The first-order valence-corrected chi connectivity index (χ1v) is 12.9. The maximum atomic E-state index is 12.9. The summed E-state index contributed by atoms with van der Waals surface area (Å²) in [6.45, 7) is 5.91. The van der Waals surface area contributed by atoms with Crippen LogP contribution in [0.3, 0.4) is 0 Å². The van der Waals surface area contributed by atoms with Crippen molar-refractivity contribution in [3.8, 4) is 0 Å². The predicted octanol–water partition coefficient (Wildman–Crippen LogP) is 1.73. The molecular formula is C26H32N10O2. The number of aromatic nitrogens is 7. The highest BCUT2D eigenvalue weighted by molar-refractivity contribution is 5.95. The molecule has 12 nitrogen and oxygen atoms in total. The summed E-state index contributed by atoms with van der Waals surface area (Å²) >= 11 is 0. The van der Waals surface area contributed by atoms with Crippen LogP contribution in [0.25, 0.3) is 11.0 Å². The van der Waals surface area contributed by atoms with Crippen LogP contribution in [0.5, 0.6) is 0 Å². The summed E-state index contributed by atoms with van der Waals surface area (Å²) in [5, 5.41) is 16.0. The molecule has 1 aliphatic heterocycles. The van der Waals surface area contributed by atoms with Gasteiger partial charge in [-0.2, -0.15) is 10.2 Å². The van der Waals surface area contributed by atoms with Crippen LogP contribution >= 0.6 is 0 Å². The highest BCUT2D eigenvalue weighted by atomic mass is 16.5. The highest BCUT2D eigenvalue weighted by Gasteiger charge is 2.47. The van der Waals surface area contributed by atoms with E-state index in [2.05, 4.69) is 35.7 Å². The molecule has 6 rings (SSSR count). The van der Waals surface area contributed by atoms with E-state index in [0.717, 1.165) is 61.4 Å². The molecular weight excluding hydrogens is 484 g/mol. The molecule has 2 aliphatic rings. The quantitative estimate of drug-likeness (QED) is 0.360. The SMILES string of the molecule is Cc1ncc(C(=O)NCCN2CCOC3(CC3)C2)cc1Nc1nn(C)c2nc(Cc3cnn(C)c3)ncc12. The van der Waals surface area contributed by atoms with Crippen LogP contribution in [-0.2, 0) is 25.3 Å². The van der Waals surface area contributed by atoms with Crippen molar-refractivity contribution in [2.45, 2.75) is 31.8 Å². The smallest absolute Gasteiger partial charge is 0.252 e. The average Bonchev–Trinajstić information content (AvgIpc) is 3.39. The number of ether oxygens (including phenoxy) is 1. The Hall–Kier alpha value is -3.90. The molecule has 5 heterocycles. The van der Waals surface area contributed by atoms with Gasteiger partial charge in [0.25, 0.3) is 5.91 Å². The molecule has 0 atom stereocenters. The van der Waals surface area contributed by atoms with Crippen LogP contribution in [0.4, 0.5) is 11.5 Å². The molecule has 1 saturated carbocycles. The second kappa shape index (κ2) is 9.76. The summed E-state index contributed by atoms with van der Waals surface area (Å²) in [7, 11) is 3.74. The molecule has 198 valence electrons. The molecule has 1 saturated heterocycles. The number of anilines is 2. The van der Waals surface area contributed by atoms with Crippen LogP contribution < -0.4 is 10.6 Å². The molecule has 12 heteroatoms. The number of aryl methyl sites for hydroxylation is 3. The number of fused-ring (bicyclic) bond motifs is 1. The number of nitrogens with one attached hydrogen (secondary N) is 2. The van der Waals surface area contributed by atoms with E-state index >= 15 is 0 Å². The van der Waals surface area contributed by atoms with Crippen molar-refractivity contribution in [3.63, 3.8) is 0 Å². The van der Waals surface area contributed by atoms with Crippen molar-refractivity contribution in [2.75, 3.05) is 38.1 Å². The minimum atomic E-state index is -0.149. The zero-order valence-corrected chi connectivity index (χ0v) is 21.9. The predicted molar refractivity (Wildman–Crippen MR) is 141 cm³/mol. The number of hydrogen-bond donors (Lipinski definition) is 2. The molecule has 1 amide bonds. The van der Waals surface area contributed by atoms with E-state index in [1.54, 1.807) is 21.8 Å². The lowest BCUT2D eigenvalue weighted by atomic mass is 10.2. The Kier molecular flexibility index (Phi) is 6.28. The monoisotopic (exact) mass is 516 g/mol. The molecule has 1 aliphatic carbocycles. The second-order valence-corrected chi connectivity index (χ2v) is 10.2. The normalized spacial score (nSPS) is 16.7. The molecule has 0 aromatic carbocycles. The van der Waals surface area contributed by atoms with Gasteiger partial charge in [-0.3, -0.25) is 19.4 Å². The van der Waals surface area contributed by atoms with Gasteiger partial charge in [0, 0.05) is 65.3 Å². The Labute approximate surface area is 220 Å². The summed E-state index contributed by atoms with van der Waals surface area (Å²) in [4.78, 5) is 29.0. The molecule has 0 bridgehead atoms. The van der Waals surface area contributed by atoms with E-state index in [0.29, 0.717) is 35.9 Å². The fraction of sp³-hybridized carbons (Fsp3) is 0.462. The first-order chi connectivity index (χ1) is 18.4. The molecule has 4 aromatic heterocycles. The zero-order chi connectivity index (χ0) is 26.3. The number of amides is 1. The fourth-order valence-electron chi connectivity index (χ4n) is 4.89. The summed E-state index contributed by atoms with van der Waals surface area (Å²) in [6.07, 6.45) is 10.0. The third-order valence-electron chi connectivity index (χ3n) is 7.20. The van der Waals surface area contributed by atoms with Crippen molar-refractivity contribution in [1.82, 2.24) is 44.7 Å². The number of hydrogen-bond acceptors (Lipinski definition) is 9. The molecule has 38 heavy (non-hydrogen) atoms. The van der Waals surface area contributed by atoms with E-state index in [9.17, 15) is 4.79 Å². The van der Waals surface area contributed by atoms with Gasteiger partial charge < -0.3 is 15.4 Å². The third kappa shape index (κ3) is 5.09. The van der Waals surface area contributed by atoms with E-state index in [-0.39, 0.29) is 11.5 Å². The van der Waals surface area contributed by atoms with Crippen molar-refractivity contribution in [2.24, 2.45) is 14.1 Å². The van der Waals surface area contributed by atoms with Gasteiger partial charge in [-0.05, 0) is 31.4 Å². The fourth-order valence-corrected chi connectivity index (χ4v) is 4.89. The summed E-state index contributed by atoms with van der Waals surface area (Å²) < 4.78 is 9.36. The van der Waals surface area contributed by atoms with Crippen molar-refractivity contribution in [3.05, 3.63) is 53.5 Å². The topological polar surface area (TPSA) is 128 Å². The lowest BCUT2D eigenvalue weighted by Gasteiger charge is -2.33. The molecule has 0 unspecified atom stereocenters. The van der Waals surface area contributed by atoms with Gasteiger partial charge in [-0.25, -0.2) is 14.6 Å². The van der Waals surface area contributed by atoms with Crippen LogP contribution in [0.15, 0.2) is 30.9 Å². The van der Waals surface area contributed by atoms with Gasteiger partial charge in [0.2, 0.25) is 0 Å². The van der Waals surface area contributed by atoms with Gasteiger partial charge in [-0.15, -0.1) is 0 Å². The zero-order valence-electron chi connectivity index (χ0n) is 21.9. The number of rotatable bonds is 8. The lowest BCUT2D eigenvalue weighted by Crippen LogP contribution is -2.46. The number of carbonyl (C=O) groups is 1. The number of carbonyl (C=O) groups excluding carboxylic acids is 1. The number of morpholine rings is 1. The first kappa shape index (κ1) is 24.4. The molecule has 4 aromatic rings. The summed E-state index contributed by atoms with van der Waals surface area (Å²) in [5.74, 6) is 1.16. The van der Waals surface area contributed by atoms with Gasteiger partial charge in [-0.1, -0.05) is 0 Å². The van der Waals surface area contributed by atoms with Crippen LogP contribution in [0.1, 0.15) is 40.3 Å².